The summed E-state index contributed by atoms with van der Waals surface area (Å²) in [7, 11) is -2.85. The lowest BCUT2D eigenvalue weighted by Crippen LogP contribution is -2.49. The van der Waals surface area contributed by atoms with Gasteiger partial charge in [-0.1, -0.05) is 71.6 Å². The predicted octanol–water partition coefficient (Wildman–Crippen LogP) is 4.46. The molecule has 174 valence electrons. The zero-order chi connectivity index (χ0) is 23.1. The smallest absolute Gasteiger partial charge is 0.241 e. The molecule has 1 amide bonds. The van der Waals surface area contributed by atoms with Crippen molar-refractivity contribution < 1.29 is 13.2 Å². The maximum Gasteiger partial charge on any atom is 0.241 e. The number of carbonyl (C=O) groups is 1. The molecule has 0 radical (unpaired) electrons. The summed E-state index contributed by atoms with van der Waals surface area (Å²) >= 11 is 0. The van der Waals surface area contributed by atoms with Crippen molar-refractivity contribution in [3.05, 3.63) is 64.5 Å². The number of rotatable bonds is 11. The monoisotopic (exact) mass is 474 g/mol. The van der Waals surface area contributed by atoms with Gasteiger partial charge in [-0.3, -0.25) is 4.79 Å². The third kappa shape index (κ3) is 7.13. The van der Waals surface area contributed by atoms with Crippen molar-refractivity contribution in [2.75, 3.05) is 18.5 Å². The molecule has 0 aromatic heterocycles. The van der Waals surface area contributed by atoms with Crippen molar-refractivity contribution in [2.45, 2.75) is 52.6 Å². The molecule has 7 heteroatoms. The summed E-state index contributed by atoms with van der Waals surface area (Å²) in [6, 6.07) is 5.56. The van der Waals surface area contributed by atoms with E-state index in [2.05, 4.69) is 60.8 Å². The highest BCUT2D eigenvalue weighted by Gasteiger charge is 2.29. The van der Waals surface area contributed by atoms with Crippen LogP contribution in [0.2, 0.25) is 0 Å². The predicted molar refractivity (Wildman–Crippen MR) is 135 cm³/mol. The molecule has 1 heterocycles. The van der Waals surface area contributed by atoms with Crippen LogP contribution in [-0.2, 0) is 27.8 Å². The first-order chi connectivity index (χ1) is 15.3. The van der Waals surface area contributed by atoms with E-state index in [1.54, 1.807) is 0 Å². The number of hydrogen-bond acceptors (Lipinski definition) is 3. The number of allylic oxidation sites excluding steroid dienone is 3. The van der Waals surface area contributed by atoms with Crippen molar-refractivity contribution in [1.29, 1.82) is 0 Å². The van der Waals surface area contributed by atoms with E-state index in [-0.39, 0.29) is 17.6 Å². The van der Waals surface area contributed by atoms with Crippen LogP contribution in [0, 0.1) is 5.92 Å². The molecule has 0 saturated carbocycles. The summed E-state index contributed by atoms with van der Waals surface area (Å²) in [5.41, 5.74) is 4.60. The van der Waals surface area contributed by atoms with Crippen molar-refractivity contribution in [3.63, 3.8) is 0 Å². The summed E-state index contributed by atoms with van der Waals surface area (Å²) in [6.45, 7) is 7.04. The van der Waals surface area contributed by atoms with E-state index in [4.69, 9.17) is 0 Å². The van der Waals surface area contributed by atoms with Gasteiger partial charge in [0.15, 0.2) is 0 Å². The Kier molecular flexibility index (Phi) is 8.87. The van der Waals surface area contributed by atoms with Crippen LogP contribution in [0.15, 0.2) is 47.8 Å². The van der Waals surface area contributed by atoms with Gasteiger partial charge in [0.25, 0.3) is 0 Å². The highest BCUT2D eigenvalue weighted by Crippen LogP contribution is 2.25. The zero-order valence-electron chi connectivity index (χ0n) is 19.3. The van der Waals surface area contributed by atoms with Crippen molar-refractivity contribution >= 4 is 30.6 Å². The van der Waals surface area contributed by atoms with Crippen molar-refractivity contribution in [2.24, 2.45) is 5.92 Å². The molecule has 1 aliphatic heterocycles. The van der Waals surface area contributed by atoms with Gasteiger partial charge < -0.3 is 4.90 Å². The first-order valence-corrected chi connectivity index (χ1v) is 14.4. The van der Waals surface area contributed by atoms with Crippen LogP contribution in [0.25, 0.3) is 6.08 Å². The molecule has 1 N–H and O–H groups in total. The number of hydrogen-bond donors (Lipinski definition) is 1. The minimum absolute atomic E-state index is 0.0226. The van der Waals surface area contributed by atoms with Crippen LogP contribution in [0.4, 0.5) is 0 Å². The Balaban J connectivity index is 1.84. The lowest BCUT2D eigenvalue weighted by molar-refractivity contribution is -0.134. The Morgan fingerprint density at radius 2 is 2.03 bits per heavy atom. The fraction of sp³-hybridized carbons (Fsp3) is 0.480. The molecular formula is C25H35N2O3PS. The van der Waals surface area contributed by atoms with Gasteiger partial charge >= 0.3 is 0 Å². The van der Waals surface area contributed by atoms with Gasteiger partial charge in [0, 0.05) is 13.1 Å². The van der Waals surface area contributed by atoms with Gasteiger partial charge in [-0.05, 0) is 59.7 Å². The molecule has 5 nitrogen and oxygen atoms in total. The number of nitrogens with zero attached hydrogens (tertiary/aromatic N) is 1. The Hall–Kier alpha value is -1.75. The molecule has 3 rings (SSSR count). The van der Waals surface area contributed by atoms with E-state index in [1.807, 2.05) is 17.9 Å². The van der Waals surface area contributed by atoms with E-state index in [1.165, 1.54) is 11.1 Å². The first-order valence-electron chi connectivity index (χ1n) is 11.4. The van der Waals surface area contributed by atoms with Gasteiger partial charge in [0.2, 0.25) is 15.9 Å². The molecule has 0 fully saturated rings. The van der Waals surface area contributed by atoms with Crippen LogP contribution in [0.1, 0.15) is 50.3 Å². The molecule has 32 heavy (non-hydrogen) atoms. The van der Waals surface area contributed by atoms with Crippen LogP contribution in [0.3, 0.4) is 0 Å². The van der Waals surface area contributed by atoms with Crippen LogP contribution >= 0.6 is 8.58 Å². The molecule has 0 spiro atoms. The average molecular weight is 475 g/mol. The SMILES string of the molecule is CCCS(=O)(=O)N[C@@H](CC1=CPCC=C1)C(=O)N(Cc1ccc2c(c1)C=CC2)CC(C)C. The van der Waals surface area contributed by atoms with Gasteiger partial charge in [0.1, 0.15) is 6.04 Å². The fourth-order valence-electron chi connectivity index (χ4n) is 4.11. The number of amides is 1. The minimum atomic E-state index is -3.53. The maximum atomic E-state index is 13.7. The lowest BCUT2D eigenvalue weighted by atomic mass is 10.0. The maximum absolute atomic E-state index is 13.7. The number of sulfonamides is 1. The highest BCUT2D eigenvalue weighted by molar-refractivity contribution is 7.89. The summed E-state index contributed by atoms with van der Waals surface area (Å²) in [4.78, 5) is 15.5. The fourth-order valence-corrected chi connectivity index (χ4v) is 6.23. The second kappa shape index (κ2) is 11.4. The average Bonchev–Trinajstić information content (AvgIpc) is 3.20. The van der Waals surface area contributed by atoms with Crippen molar-refractivity contribution in [1.82, 2.24) is 9.62 Å². The third-order valence-electron chi connectivity index (χ3n) is 5.50. The van der Waals surface area contributed by atoms with E-state index in [0.717, 1.165) is 23.7 Å². The Bertz CT molecular complexity index is 1010. The van der Waals surface area contributed by atoms with Crippen molar-refractivity contribution in [3.8, 4) is 0 Å². The quantitative estimate of drug-likeness (QED) is 0.482. The van der Waals surface area contributed by atoms with Crippen LogP contribution < -0.4 is 4.72 Å². The third-order valence-corrected chi connectivity index (χ3v) is 8.14. The van der Waals surface area contributed by atoms with E-state index >= 15 is 0 Å². The van der Waals surface area contributed by atoms with Gasteiger partial charge in [0.05, 0.1) is 5.75 Å². The molecular weight excluding hydrogens is 439 g/mol. The summed E-state index contributed by atoms with van der Waals surface area (Å²) < 4.78 is 27.9. The second-order valence-corrected chi connectivity index (χ2v) is 12.0. The van der Waals surface area contributed by atoms with Gasteiger partial charge in [-0.2, -0.15) is 0 Å². The van der Waals surface area contributed by atoms with E-state index in [9.17, 15) is 13.2 Å². The summed E-state index contributed by atoms with van der Waals surface area (Å²) in [5, 5.41) is 0. The van der Waals surface area contributed by atoms with E-state index < -0.39 is 16.1 Å². The number of nitrogens with one attached hydrogen (secondary N) is 1. The summed E-state index contributed by atoms with van der Waals surface area (Å²) in [6.07, 6.45) is 11.2. The Morgan fingerprint density at radius 1 is 1.22 bits per heavy atom. The number of carbonyl (C=O) groups excluding carboxylic acids is 1. The van der Waals surface area contributed by atoms with Crippen LogP contribution in [-0.4, -0.2) is 43.7 Å². The standard InChI is InChI=1S/C25H35N2O3PS/c1-4-13-32(29,30)26-24(15-21-7-6-12-31-18-21)25(28)27(16-19(2)3)17-20-10-11-22-8-5-9-23(22)14-20/h5-7,9-11,14,18-19,24,26,31H,4,8,12-13,15-17H2,1-3H3/t24-/m0/s1. The molecule has 2 atom stereocenters. The molecule has 1 aliphatic carbocycles. The van der Waals surface area contributed by atoms with Gasteiger partial charge in [-0.25, -0.2) is 13.1 Å². The highest BCUT2D eigenvalue weighted by atomic mass is 32.2. The van der Waals surface area contributed by atoms with E-state index in [0.29, 0.717) is 34.5 Å². The molecule has 0 bridgehead atoms. The topological polar surface area (TPSA) is 66.5 Å². The zero-order valence-corrected chi connectivity index (χ0v) is 21.1. The number of benzene rings is 1. The lowest BCUT2D eigenvalue weighted by Gasteiger charge is -2.30. The van der Waals surface area contributed by atoms with Gasteiger partial charge in [-0.15, -0.1) is 0 Å². The largest absolute Gasteiger partial charge is 0.337 e. The molecule has 1 unspecified atom stereocenters. The molecule has 0 saturated heterocycles. The Labute approximate surface area is 194 Å². The normalized spacial score (nSPS) is 16.9. The first kappa shape index (κ1) is 24.9. The van der Waals surface area contributed by atoms with Crippen LogP contribution in [0.5, 0.6) is 0 Å². The number of fused-ring (bicyclic) bond motifs is 1. The second-order valence-electron chi connectivity index (χ2n) is 8.98. The minimum Gasteiger partial charge on any atom is -0.337 e. The molecule has 1 aromatic rings. The Morgan fingerprint density at radius 3 is 2.72 bits per heavy atom. The summed E-state index contributed by atoms with van der Waals surface area (Å²) in [5.74, 6) is 2.28. The molecule has 1 aromatic carbocycles. The molecule has 2 aliphatic rings.